The molecule has 5 heteroatoms. The molecule has 3 nitrogen and oxygen atoms in total. The number of carbonyl (C=O) groups is 1. The van der Waals surface area contributed by atoms with Gasteiger partial charge in [-0.2, -0.15) is 0 Å². The molecule has 1 rings (SSSR count). The lowest BCUT2D eigenvalue weighted by molar-refractivity contribution is 0.0690. The fourth-order valence-corrected chi connectivity index (χ4v) is 1.32. The summed E-state index contributed by atoms with van der Waals surface area (Å²) in [6, 6.07) is 2.17. The standard InChI is InChI=1S/C11H12F2O3/c1-11(2,5-14)7-4-3-6(10(15)16)8(12)9(7)13/h3-4,14H,5H2,1-2H3,(H,15,16). The van der Waals surface area contributed by atoms with Gasteiger partial charge in [-0.25, -0.2) is 13.6 Å². The van der Waals surface area contributed by atoms with E-state index in [0.29, 0.717) is 0 Å². The molecule has 16 heavy (non-hydrogen) atoms. The van der Waals surface area contributed by atoms with Gasteiger partial charge in [0.25, 0.3) is 0 Å². The van der Waals surface area contributed by atoms with Gasteiger partial charge in [-0.15, -0.1) is 0 Å². The van der Waals surface area contributed by atoms with Crippen LogP contribution in [-0.4, -0.2) is 22.8 Å². The van der Waals surface area contributed by atoms with Crippen molar-refractivity contribution in [1.29, 1.82) is 0 Å². The van der Waals surface area contributed by atoms with Crippen LogP contribution in [0.5, 0.6) is 0 Å². The minimum atomic E-state index is -1.52. The molecule has 0 fully saturated rings. The van der Waals surface area contributed by atoms with Crippen LogP contribution in [0.2, 0.25) is 0 Å². The Labute approximate surface area is 91.3 Å². The van der Waals surface area contributed by atoms with Crippen LogP contribution in [0, 0.1) is 11.6 Å². The number of aromatic carboxylic acids is 1. The van der Waals surface area contributed by atoms with Crippen molar-refractivity contribution in [3.63, 3.8) is 0 Å². The number of aliphatic hydroxyl groups excluding tert-OH is 1. The third-order valence-corrected chi connectivity index (χ3v) is 2.44. The topological polar surface area (TPSA) is 57.5 Å². The van der Waals surface area contributed by atoms with Crippen molar-refractivity contribution in [3.05, 3.63) is 34.9 Å². The Kier molecular flexibility index (Phi) is 3.28. The summed E-state index contributed by atoms with van der Waals surface area (Å²) >= 11 is 0. The Morgan fingerprint density at radius 1 is 1.31 bits per heavy atom. The van der Waals surface area contributed by atoms with Crippen molar-refractivity contribution < 1.29 is 23.8 Å². The maximum atomic E-state index is 13.6. The monoisotopic (exact) mass is 230 g/mol. The van der Waals surface area contributed by atoms with Crippen LogP contribution in [-0.2, 0) is 5.41 Å². The summed E-state index contributed by atoms with van der Waals surface area (Å²) in [4.78, 5) is 10.5. The fourth-order valence-electron chi connectivity index (χ4n) is 1.32. The summed E-state index contributed by atoms with van der Waals surface area (Å²) in [5.74, 6) is -4.14. The molecule has 0 radical (unpaired) electrons. The molecule has 2 N–H and O–H groups in total. The molecule has 0 amide bonds. The van der Waals surface area contributed by atoms with Gasteiger partial charge in [0, 0.05) is 5.41 Å². The van der Waals surface area contributed by atoms with E-state index >= 15 is 0 Å². The third-order valence-electron chi connectivity index (χ3n) is 2.44. The Morgan fingerprint density at radius 3 is 2.31 bits per heavy atom. The van der Waals surface area contributed by atoms with Crippen molar-refractivity contribution in [2.24, 2.45) is 0 Å². The summed E-state index contributed by atoms with van der Waals surface area (Å²) in [6.45, 7) is 2.70. The molecule has 0 atom stereocenters. The first-order valence-corrected chi connectivity index (χ1v) is 4.64. The molecular weight excluding hydrogens is 218 g/mol. The summed E-state index contributed by atoms with van der Waals surface area (Å²) in [5, 5.41) is 17.6. The first kappa shape index (κ1) is 12.6. The van der Waals surface area contributed by atoms with Gasteiger partial charge in [0.15, 0.2) is 11.6 Å². The lowest BCUT2D eigenvalue weighted by Crippen LogP contribution is -2.24. The van der Waals surface area contributed by atoms with Gasteiger partial charge < -0.3 is 10.2 Å². The third kappa shape index (κ3) is 2.04. The number of halogens is 2. The van der Waals surface area contributed by atoms with Crippen molar-refractivity contribution in [1.82, 2.24) is 0 Å². The second-order valence-corrected chi connectivity index (χ2v) is 4.14. The van der Waals surface area contributed by atoms with Crippen LogP contribution in [0.1, 0.15) is 29.8 Å². The molecule has 0 spiro atoms. The zero-order valence-corrected chi connectivity index (χ0v) is 8.92. The zero-order valence-electron chi connectivity index (χ0n) is 8.92. The Morgan fingerprint density at radius 2 is 1.88 bits per heavy atom. The molecule has 0 aliphatic carbocycles. The molecule has 0 bridgehead atoms. The Bertz CT molecular complexity index is 427. The highest BCUT2D eigenvalue weighted by Gasteiger charge is 2.27. The van der Waals surface area contributed by atoms with Gasteiger partial charge in [-0.3, -0.25) is 0 Å². The zero-order chi connectivity index (χ0) is 12.5. The van der Waals surface area contributed by atoms with Crippen LogP contribution >= 0.6 is 0 Å². The van der Waals surface area contributed by atoms with Crippen LogP contribution in [0.15, 0.2) is 12.1 Å². The second kappa shape index (κ2) is 4.17. The fraction of sp³-hybridized carbons (Fsp3) is 0.364. The van der Waals surface area contributed by atoms with E-state index in [1.807, 2.05) is 0 Å². The normalized spacial score (nSPS) is 11.6. The minimum Gasteiger partial charge on any atom is -0.478 e. The number of rotatable bonds is 3. The van der Waals surface area contributed by atoms with Crippen molar-refractivity contribution in [2.45, 2.75) is 19.3 Å². The SMILES string of the molecule is CC(C)(CO)c1ccc(C(=O)O)c(F)c1F. The number of hydrogen-bond donors (Lipinski definition) is 2. The number of carboxylic acids is 1. The lowest BCUT2D eigenvalue weighted by Gasteiger charge is -2.23. The molecule has 88 valence electrons. The van der Waals surface area contributed by atoms with E-state index in [4.69, 9.17) is 10.2 Å². The summed E-state index contributed by atoms with van der Waals surface area (Å²) < 4.78 is 26.9. The quantitative estimate of drug-likeness (QED) is 0.834. The highest BCUT2D eigenvalue weighted by Crippen LogP contribution is 2.28. The van der Waals surface area contributed by atoms with Gasteiger partial charge in [0.1, 0.15) is 0 Å². The Balaban J connectivity index is 3.38. The van der Waals surface area contributed by atoms with Crippen LogP contribution in [0.25, 0.3) is 0 Å². The van der Waals surface area contributed by atoms with E-state index in [2.05, 4.69) is 0 Å². The highest BCUT2D eigenvalue weighted by molar-refractivity contribution is 5.88. The largest absolute Gasteiger partial charge is 0.478 e. The smallest absolute Gasteiger partial charge is 0.338 e. The van der Waals surface area contributed by atoms with E-state index in [9.17, 15) is 13.6 Å². The minimum absolute atomic E-state index is 0.0440. The van der Waals surface area contributed by atoms with Crippen molar-refractivity contribution >= 4 is 5.97 Å². The van der Waals surface area contributed by atoms with E-state index in [0.717, 1.165) is 6.07 Å². The number of benzene rings is 1. The average molecular weight is 230 g/mol. The maximum absolute atomic E-state index is 13.6. The molecule has 1 aromatic rings. The molecule has 0 saturated carbocycles. The molecular formula is C11H12F2O3. The molecule has 0 heterocycles. The second-order valence-electron chi connectivity index (χ2n) is 4.14. The van der Waals surface area contributed by atoms with Gasteiger partial charge in [-0.1, -0.05) is 19.9 Å². The predicted molar refractivity (Wildman–Crippen MR) is 53.4 cm³/mol. The van der Waals surface area contributed by atoms with Crippen LogP contribution < -0.4 is 0 Å². The summed E-state index contributed by atoms with van der Waals surface area (Å²) in [5.41, 5.74) is -1.71. The average Bonchev–Trinajstić information content (AvgIpc) is 2.21. The van der Waals surface area contributed by atoms with Crippen LogP contribution in [0.4, 0.5) is 8.78 Å². The first-order chi connectivity index (χ1) is 7.31. The highest BCUT2D eigenvalue weighted by atomic mass is 19.2. The molecule has 0 saturated heterocycles. The number of carboxylic acid groups (broad SMARTS) is 1. The lowest BCUT2D eigenvalue weighted by atomic mass is 9.84. The van der Waals surface area contributed by atoms with Gasteiger partial charge in [0.05, 0.1) is 12.2 Å². The van der Waals surface area contributed by atoms with Crippen LogP contribution in [0.3, 0.4) is 0 Å². The van der Waals surface area contributed by atoms with Gasteiger partial charge >= 0.3 is 5.97 Å². The van der Waals surface area contributed by atoms with Crippen molar-refractivity contribution in [2.75, 3.05) is 6.61 Å². The molecule has 0 aliphatic rings. The Hall–Kier alpha value is -1.49. The molecule has 0 aliphatic heterocycles. The van der Waals surface area contributed by atoms with E-state index in [1.165, 1.54) is 19.9 Å². The number of hydrogen-bond acceptors (Lipinski definition) is 2. The first-order valence-electron chi connectivity index (χ1n) is 4.64. The van der Waals surface area contributed by atoms with E-state index < -0.39 is 28.6 Å². The number of aliphatic hydroxyl groups is 1. The predicted octanol–water partition coefficient (Wildman–Crippen LogP) is 1.93. The van der Waals surface area contributed by atoms with Gasteiger partial charge in [0.2, 0.25) is 0 Å². The molecule has 1 aromatic carbocycles. The summed E-state index contributed by atoms with van der Waals surface area (Å²) in [6.07, 6.45) is 0. The van der Waals surface area contributed by atoms with Gasteiger partial charge in [-0.05, 0) is 11.6 Å². The molecule has 0 unspecified atom stereocenters. The van der Waals surface area contributed by atoms with E-state index in [1.54, 1.807) is 0 Å². The maximum Gasteiger partial charge on any atom is 0.338 e. The van der Waals surface area contributed by atoms with Crippen molar-refractivity contribution in [3.8, 4) is 0 Å². The molecule has 0 aromatic heterocycles. The summed E-state index contributed by atoms with van der Waals surface area (Å²) in [7, 11) is 0. The van der Waals surface area contributed by atoms with E-state index in [-0.39, 0.29) is 12.2 Å².